The van der Waals surface area contributed by atoms with Crippen LogP contribution in [-0.4, -0.2) is 18.8 Å². The largest absolute Gasteiger partial charge is 0.481 e. The summed E-state index contributed by atoms with van der Waals surface area (Å²) in [5.74, 6) is 0.0453. The molecule has 0 spiro atoms. The molecule has 2 aromatic rings. The number of ether oxygens (including phenoxy) is 1. The number of anilines is 1. The van der Waals surface area contributed by atoms with E-state index < -0.39 is 0 Å². The Morgan fingerprint density at radius 1 is 1.26 bits per heavy atom. The number of hydrogen-bond acceptors (Lipinski definition) is 3. The van der Waals surface area contributed by atoms with Crippen molar-refractivity contribution in [3.63, 3.8) is 0 Å². The lowest BCUT2D eigenvalue weighted by atomic mass is 10.00. The van der Waals surface area contributed by atoms with Crippen LogP contribution in [0, 0.1) is 12.7 Å². The molecule has 0 radical (unpaired) electrons. The van der Waals surface area contributed by atoms with Crippen molar-refractivity contribution in [3.05, 3.63) is 58.9 Å². The van der Waals surface area contributed by atoms with Crippen LogP contribution in [-0.2, 0) is 9.59 Å². The molecule has 2 aromatic carbocycles. The molecule has 0 fully saturated rings. The highest BCUT2D eigenvalue weighted by Crippen LogP contribution is 2.34. The molecule has 0 saturated carbocycles. The van der Waals surface area contributed by atoms with Crippen LogP contribution in [0.2, 0.25) is 0 Å². The third-order valence-electron chi connectivity index (χ3n) is 3.55. The minimum Gasteiger partial charge on any atom is -0.481 e. The zero-order chi connectivity index (χ0) is 16.4. The van der Waals surface area contributed by atoms with Crippen molar-refractivity contribution >= 4 is 29.5 Å². The number of benzene rings is 2. The highest BCUT2D eigenvalue weighted by Gasteiger charge is 2.19. The molecule has 0 aliphatic carbocycles. The van der Waals surface area contributed by atoms with Gasteiger partial charge in [-0.15, -0.1) is 0 Å². The highest BCUT2D eigenvalue weighted by atomic mass is 19.1. The van der Waals surface area contributed by atoms with Crippen molar-refractivity contribution in [2.24, 2.45) is 0 Å². The Morgan fingerprint density at radius 2 is 2.00 bits per heavy atom. The summed E-state index contributed by atoms with van der Waals surface area (Å²) in [6, 6.07) is 9.37. The quantitative estimate of drug-likeness (QED) is 0.538. The second-order valence-electron chi connectivity index (χ2n) is 5.28. The van der Waals surface area contributed by atoms with E-state index in [0.717, 1.165) is 11.8 Å². The Kier molecular flexibility index (Phi) is 3.93. The summed E-state index contributed by atoms with van der Waals surface area (Å²) >= 11 is 0. The zero-order valence-electron chi connectivity index (χ0n) is 12.4. The summed E-state index contributed by atoms with van der Waals surface area (Å²) in [6.45, 7) is 1.83. The van der Waals surface area contributed by atoms with Crippen LogP contribution < -0.4 is 10.1 Å². The number of allylic oxidation sites excluding steroid dienone is 1. The average Bonchev–Trinajstić information content (AvgIpc) is 2.53. The van der Waals surface area contributed by atoms with E-state index >= 15 is 0 Å². The third kappa shape index (κ3) is 3.13. The molecular formula is C18H14FNO3. The van der Waals surface area contributed by atoms with E-state index in [1.165, 1.54) is 12.1 Å². The monoisotopic (exact) mass is 311 g/mol. The minimum absolute atomic E-state index is 0.0147. The Labute approximate surface area is 132 Å². The topological polar surface area (TPSA) is 55.4 Å². The number of nitrogens with one attached hydrogen (secondary N) is 1. The number of rotatable bonds is 3. The fourth-order valence-corrected chi connectivity index (χ4v) is 2.47. The van der Waals surface area contributed by atoms with Gasteiger partial charge in [-0.05, 0) is 54.0 Å². The van der Waals surface area contributed by atoms with Crippen molar-refractivity contribution in [1.29, 1.82) is 0 Å². The maximum Gasteiger partial charge on any atom is 0.262 e. The Bertz CT molecular complexity index is 810. The standard InChI is InChI=1S/C18H14FNO3/c1-11-6-13(8-16-18(11)23-10-17(22)20-16)14(9-21)7-12-2-4-15(19)5-3-12/h2-9H,10H2,1H3,(H,20,22). The summed E-state index contributed by atoms with van der Waals surface area (Å²) in [6.07, 6.45) is 2.40. The van der Waals surface area contributed by atoms with E-state index in [0.29, 0.717) is 28.1 Å². The first kappa shape index (κ1) is 15.0. The molecule has 0 atom stereocenters. The number of aryl methyl sites for hydroxylation is 1. The van der Waals surface area contributed by atoms with Gasteiger partial charge in [0.2, 0.25) is 0 Å². The van der Waals surface area contributed by atoms with Crippen LogP contribution >= 0.6 is 0 Å². The molecule has 1 aliphatic rings. The van der Waals surface area contributed by atoms with Crippen LogP contribution in [0.15, 0.2) is 36.4 Å². The summed E-state index contributed by atoms with van der Waals surface area (Å²) in [5.41, 5.74) is 3.17. The van der Waals surface area contributed by atoms with Crippen molar-refractivity contribution in [2.75, 3.05) is 11.9 Å². The predicted molar refractivity (Wildman–Crippen MR) is 85.6 cm³/mol. The molecule has 1 amide bonds. The van der Waals surface area contributed by atoms with Crippen molar-refractivity contribution in [1.82, 2.24) is 0 Å². The molecule has 4 nitrogen and oxygen atoms in total. The van der Waals surface area contributed by atoms with Gasteiger partial charge >= 0.3 is 0 Å². The maximum atomic E-state index is 13.0. The SMILES string of the molecule is Cc1cc(C(C=O)=Cc2ccc(F)cc2)cc2c1OCC(=O)N2. The Morgan fingerprint density at radius 3 is 2.70 bits per heavy atom. The summed E-state index contributed by atoms with van der Waals surface area (Å²) in [5, 5.41) is 2.73. The summed E-state index contributed by atoms with van der Waals surface area (Å²) in [4.78, 5) is 22.9. The molecule has 1 N–H and O–H groups in total. The number of aldehydes is 1. The molecule has 3 rings (SSSR count). The molecule has 23 heavy (non-hydrogen) atoms. The number of halogens is 1. The van der Waals surface area contributed by atoms with Crippen LogP contribution in [0.3, 0.4) is 0 Å². The lowest BCUT2D eigenvalue weighted by Gasteiger charge is -2.21. The highest BCUT2D eigenvalue weighted by molar-refractivity contribution is 6.14. The first-order valence-corrected chi connectivity index (χ1v) is 7.07. The van der Waals surface area contributed by atoms with Gasteiger partial charge in [-0.25, -0.2) is 4.39 Å². The lowest BCUT2D eigenvalue weighted by molar-refractivity contribution is -0.118. The summed E-state index contributed by atoms with van der Waals surface area (Å²) < 4.78 is 18.4. The second-order valence-corrected chi connectivity index (χ2v) is 5.28. The third-order valence-corrected chi connectivity index (χ3v) is 3.55. The van der Waals surface area contributed by atoms with E-state index in [1.807, 2.05) is 13.0 Å². The van der Waals surface area contributed by atoms with Gasteiger partial charge in [-0.3, -0.25) is 9.59 Å². The smallest absolute Gasteiger partial charge is 0.262 e. The van der Waals surface area contributed by atoms with Gasteiger partial charge < -0.3 is 10.1 Å². The lowest BCUT2D eigenvalue weighted by Crippen LogP contribution is -2.26. The van der Waals surface area contributed by atoms with Crippen molar-refractivity contribution in [2.45, 2.75) is 6.92 Å². The van der Waals surface area contributed by atoms with Gasteiger partial charge in [-0.1, -0.05) is 12.1 Å². The van der Waals surface area contributed by atoms with E-state index in [1.54, 1.807) is 24.3 Å². The molecule has 0 aromatic heterocycles. The Hall–Kier alpha value is -2.95. The zero-order valence-corrected chi connectivity index (χ0v) is 12.4. The van der Waals surface area contributed by atoms with Gasteiger partial charge in [0, 0.05) is 5.57 Å². The fourth-order valence-electron chi connectivity index (χ4n) is 2.47. The van der Waals surface area contributed by atoms with E-state index in [2.05, 4.69) is 5.32 Å². The number of amides is 1. The first-order chi connectivity index (χ1) is 11.1. The van der Waals surface area contributed by atoms with Crippen LogP contribution in [0.5, 0.6) is 5.75 Å². The van der Waals surface area contributed by atoms with Gasteiger partial charge in [0.25, 0.3) is 5.91 Å². The molecule has 0 bridgehead atoms. The molecule has 5 heteroatoms. The van der Waals surface area contributed by atoms with E-state index in [9.17, 15) is 14.0 Å². The van der Waals surface area contributed by atoms with Crippen molar-refractivity contribution in [3.8, 4) is 5.75 Å². The van der Waals surface area contributed by atoms with E-state index in [-0.39, 0.29) is 18.3 Å². The van der Waals surface area contributed by atoms with Crippen LogP contribution in [0.25, 0.3) is 11.6 Å². The average molecular weight is 311 g/mol. The number of carbonyl (C=O) groups is 2. The van der Waals surface area contributed by atoms with Gasteiger partial charge in [-0.2, -0.15) is 0 Å². The normalized spacial score (nSPS) is 13.8. The number of hydrogen-bond donors (Lipinski definition) is 1. The van der Waals surface area contributed by atoms with Gasteiger partial charge in [0.05, 0.1) is 5.69 Å². The molecule has 116 valence electrons. The minimum atomic E-state index is -0.334. The molecule has 1 heterocycles. The maximum absolute atomic E-state index is 13.0. The van der Waals surface area contributed by atoms with Crippen LogP contribution in [0.4, 0.5) is 10.1 Å². The molecule has 0 saturated heterocycles. The predicted octanol–water partition coefficient (Wildman–Crippen LogP) is 3.20. The van der Waals surface area contributed by atoms with E-state index in [4.69, 9.17) is 4.74 Å². The van der Waals surface area contributed by atoms with Gasteiger partial charge in [0.1, 0.15) is 11.6 Å². The van der Waals surface area contributed by atoms with Crippen molar-refractivity contribution < 1.29 is 18.7 Å². The Balaban J connectivity index is 2.03. The number of carbonyl (C=O) groups excluding carboxylic acids is 2. The second kappa shape index (κ2) is 6.04. The molecule has 1 aliphatic heterocycles. The van der Waals surface area contributed by atoms with Gasteiger partial charge in [0.15, 0.2) is 12.9 Å². The first-order valence-electron chi connectivity index (χ1n) is 7.07. The number of fused-ring (bicyclic) bond motifs is 1. The fraction of sp³-hybridized carbons (Fsp3) is 0.111. The molecular weight excluding hydrogens is 297 g/mol. The molecule has 0 unspecified atom stereocenters. The summed E-state index contributed by atoms with van der Waals surface area (Å²) in [7, 11) is 0. The van der Waals surface area contributed by atoms with Crippen LogP contribution in [0.1, 0.15) is 16.7 Å².